The van der Waals surface area contributed by atoms with Gasteiger partial charge in [0.2, 0.25) is 5.95 Å². The van der Waals surface area contributed by atoms with E-state index in [1.54, 1.807) is 24.3 Å². The number of halogens is 2. The Morgan fingerprint density at radius 2 is 1.93 bits per heavy atom. The van der Waals surface area contributed by atoms with Crippen molar-refractivity contribution in [3.05, 3.63) is 74.0 Å². The Labute approximate surface area is 180 Å². The molecule has 0 spiro atoms. The quantitative estimate of drug-likeness (QED) is 0.267. The van der Waals surface area contributed by atoms with Gasteiger partial charge in [-0.15, -0.1) is 0 Å². The first kappa shape index (κ1) is 21.0. The summed E-state index contributed by atoms with van der Waals surface area (Å²) in [7, 11) is 0. The number of aromatic nitrogens is 2. The van der Waals surface area contributed by atoms with Crippen LogP contribution in [0.3, 0.4) is 0 Å². The zero-order valence-corrected chi connectivity index (χ0v) is 17.0. The van der Waals surface area contributed by atoms with Gasteiger partial charge in [-0.25, -0.2) is 10.4 Å². The van der Waals surface area contributed by atoms with Crippen LogP contribution in [0.5, 0.6) is 5.75 Å². The van der Waals surface area contributed by atoms with E-state index in [0.717, 1.165) is 0 Å². The zero-order chi connectivity index (χ0) is 21.7. The van der Waals surface area contributed by atoms with Gasteiger partial charge < -0.3 is 4.74 Å². The number of nitriles is 1. The lowest BCUT2D eigenvalue weighted by Crippen LogP contribution is -2.16. The van der Waals surface area contributed by atoms with Crippen molar-refractivity contribution in [2.24, 2.45) is 5.10 Å². The van der Waals surface area contributed by atoms with Gasteiger partial charge in [-0.3, -0.25) is 14.6 Å². The molecule has 2 N–H and O–H groups in total. The Balaban J connectivity index is 1.89. The van der Waals surface area contributed by atoms with Gasteiger partial charge >= 0.3 is 5.97 Å². The van der Waals surface area contributed by atoms with E-state index in [-0.39, 0.29) is 33.0 Å². The Morgan fingerprint density at radius 3 is 2.53 bits per heavy atom. The summed E-state index contributed by atoms with van der Waals surface area (Å²) in [4.78, 5) is 30.0. The summed E-state index contributed by atoms with van der Waals surface area (Å²) in [6, 6.07) is 13.5. The van der Waals surface area contributed by atoms with E-state index in [9.17, 15) is 14.9 Å². The van der Waals surface area contributed by atoms with E-state index in [1.807, 2.05) is 12.1 Å². The molecule has 150 valence electrons. The number of aromatic amines is 1. The zero-order valence-electron chi connectivity index (χ0n) is 15.4. The highest BCUT2D eigenvalue weighted by Gasteiger charge is 2.13. The normalized spacial score (nSPS) is 10.6. The van der Waals surface area contributed by atoms with Crippen LogP contribution in [0.2, 0.25) is 10.0 Å². The van der Waals surface area contributed by atoms with Gasteiger partial charge in [-0.1, -0.05) is 53.5 Å². The summed E-state index contributed by atoms with van der Waals surface area (Å²) in [6.45, 7) is 1.26. The summed E-state index contributed by atoms with van der Waals surface area (Å²) >= 11 is 12.3. The molecule has 3 rings (SSSR count). The minimum Gasteiger partial charge on any atom is -0.427 e. The summed E-state index contributed by atoms with van der Waals surface area (Å²) in [5.41, 5.74) is 3.07. The highest BCUT2D eigenvalue weighted by molar-refractivity contribution is 6.38. The van der Waals surface area contributed by atoms with E-state index in [2.05, 4.69) is 20.5 Å². The van der Waals surface area contributed by atoms with Crippen molar-refractivity contribution in [3.63, 3.8) is 0 Å². The Morgan fingerprint density at radius 1 is 1.27 bits per heavy atom. The SMILES string of the molecule is CC(=O)Oc1cc(Cl)c(C=NNc2nc(-c3ccccc3)c(C#N)c(=O)[nH]2)c(Cl)c1. The number of hydrogen-bond donors (Lipinski definition) is 2. The number of esters is 1. The summed E-state index contributed by atoms with van der Waals surface area (Å²) in [5.74, 6) is -0.277. The van der Waals surface area contributed by atoms with Crippen LogP contribution in [0.4, 0.5) is 5.95 Å². The highest BCUT2D eigenvalue weighted by Crippen LogP contribution is 2.29. The van der Waals surface area contributed by atoms with Crippen LogP contribution in [0, 0.1) is 11.3 Å². The molecular formula is C20H13Cl2N5O3. The molecule has 8 nitrogen and oxygen atoms in total. The lowest BCUT2D eigenvalue weighted by molar-refractivity contribution is -0.131. The number of hydrazone groups is 1. The average molecular weight is 442 g/mol. The number of H-pyrrole nitrogens is 1. The molecule has 0 saturated carbocycles. The number of ether oxygens (including phenoxy) is 1. The standard InChI is InChI=1S/C20H13Cl2N5O3/c1-11(28)30-13-7-16(21)15(17(22)8-13)10-24-27-20-25-18(12-5-3-2-4-6-12)14(9-23)19(29)26-20/h2-8,10H,1H3,(H2,25,26,27,29). The van der Waals surface area contributed by atoms with Crippen molar-refractivity contribution in [1.29, 1.82) is 5.26 Å². The Hall–Kier alpha value is -3.67. The van der Waals surface area contributed by atoms with Crippen molar-refractivity contribution in [3.8, 4) is 23.1 Å². The van der Waals surface area contributed by atoms with Crippen molar-refractivity contribution >= 4 is 41.3 Å². The van der Waals surface area contributed by atoms with Crippen LogP contribution in [0.15, 0.2) is 52.4 Å². The molecule has 0 aliphatic carbocycles. The second-order valence-corrected chi connectivity index (χ2v) is 6.69. The topological polar surface area (TPSA) is 120 Å². The molecule has 0 unspecified atom stereocenters. The fourth-order valence-electron chi connectivity index (χ4n) is 2.50. The summed E-state index contributed by atoms with van der Waals surface area (Å²) in [6.07, 6.45) is 1.32. The highest BCUT2D eigenvalue weighted by atomic mass is 35.5. The Kier molecular flexibility index (Phi) is 6.47. The molecule has 0 radical (unpaired) electrons. The molecule has 0 fully saturated rings. The molecule has 0 aliphatic heterocycles. The smallest absolute Gasteiger partial charge is 0.308 e. The molecule has 2 aromatic carbocycles. The van der Waals surface area contributed by atoms with Crippen LogP contribution in [-0.2, 0) is 4.79 Å². The first-order chi connectivity index (χ1) is 14.4. The fraction of sp³-hybridized carbons (Fsp3) is 0.0500. The third-order valence-corrected chi connectivity index (χ3v) is 4.38. The molecule has 30 heavy (non-hydrogen) atoms. The first-order valence-corrected chi connectivity index (χ1v) is 9.21. The van der Waals surface area contributed by atoms with Crippen molar-refractivity contribution in [2.75, 3.05) is 5.43 Å². The van der Waals surface area contributed by atoms with Crippen molar-refractivity contribution < 1.29 is 9.53 Å². The molecule has 0 saturated heterocycles. The van der Waals surface area contributed by atoms with Gasteiger partial charge in [0.1, 0.15) is 17.4 Å². The van der Waals surface area contributed by atoms with Gasteiger partial charge in [0.05, 0.1) is 22.0 Å². The summed E-state index contributed by atoms with van der Waals surface area (Å²) < 4.78 is 4.95. The molecular weight excluding hydrogens is 429 g/mol. The molecule has 1 heterocycles. The number of benzene rings is 2. The van der Waals surface area contributed by atoms with E-state index in [4.69, 9.17) is 27.9 Å². The van der Waals surface area contributed by atoms with Gasteiger partial charge in [0, 0.05) is 30.2 Å². The lowest BCUT2D eigenvalue weighted by Gasteiger charge is -2.07. The number of rotatable bonds is 5. The number of carbonyl (C=O) groups excluding carboxylic acids is 1. The minimum atomic E-state index is -0.606. The predicted molar refractivity (Wildman–Crippen MR) is 114 cm³/mol. The van der Waals surface area contributed by atoms with E-state index in [0.29, 0.717) is 11.1 Å². The van der Waals surface area contributed by atoms with Crippen LogP contribution < -0.4 is 15.7 Å². The molecule has 0 amide bonds. The minimum absolute atomic E-state index is 0.0258. The second-order valence-electron chi connectivity index (χ2n) is 5.88. The third-order valence-electron chi connectivity index (χ3n) is 3.76. The number of nitrogens with zero attached hydrogens (tertiary/aromatic N) is 3. The van der Waals surface area contributed by atoms with E-state index < -0.39 is 11.5 Å². The third kappa shape index (κ3) is 4.84. The van der Waals surface area contributed by atoms with Gasteiger partial charge in [-0.2, -0.15) is 10.4 Å². The number of nitrogens with one attached hydrogen (secondary N) is 2. The lowest BCUT2D eigenvalue weighted by atomic mass is 10.1. The number of anilines is 1. The predicted octanol–water partition coefficient (Wildman–Crippen LogP) is 3.99. The number of carbonyl (C=O) groups is 1. The largest absolute Gasteiger partial charge is 0.427 e. The molecule has 0 aliphatic rings. The molecule has 3 aromatic rings. The molecule has 1 aromatic heterocycles. The van der Waals surface area contributed by atoms with Crippen LogP contribution in [0.25, 0.3) is 11.3 Å². The Bertz CT molecular complexity index is 1210. The summed E-state index contributed by atoms with van der Waals surface area (Å²) in [5, 5.41) is 13.7. The van der Waals surface area contributed by atoms with Crippen molar-refractivity contribution in [1.82, 2.24) is 9.97 Å². The molecule has 10 heteroatoms. The van der Waals surface area contributed by atoms with E-state index in [1.165, 1.54) is 25.3 Å². The first-order valence-electron chi connectivity index (χ1n) is 8.45. The van der Waals surface area contributed by atoms with Crippen LogP contribution >= 0.6 is 23.2 Å². The molecule has 0 bridgehead atoms. The second kappa shape index (κ2) is 9.22. The van der Waals surface area contributed by atoms with Gasteiger partial charge in [0.15, 0.2) is 0 Å². The van der Waals surface area contributed by atoms with Gasteiger partial charge in [-0.05, 0) is 0 Å². The maximum absolute atomic E-state index is 12.2. The van der Waals surface area contributed by atoms with Crippen LogP contribution in [-0.4, -0.2) is 22.2 Å². The van der Waals surface area contributed by atoms with Crippen LogP contribution in [0.1, 0.15) is 18.1 Å². The van der Waals surface area contributed by atoms with E-state index >= 15 is 0 Å². The maximum atomic E-state index is 12.2. The van der Waals surface area contributed by atoms with Crippen molar-refractivity contribution in [2.45, 2.75) is 6.92 Å². The monoisotopic (exact) mass is 441 g/mol. The maximum Gasteiger partial charge on any atom is 0.308 e. The average Bonchev–Trinajstić information content (AvgIpc) is 2.70. The van der Waals surface area contributed by atoms with Gasteiger partial charge in [0.25, 0.3) is 5.56 Å². The number of hydrogen-bond acceptors (Lipinski definition) is 7. The molecule has 0 atom stereocenters. The fourth-order valence-corrected chi connectivity index (χ4v) is 3.07.